The smallest absolute Gasteiger partial charge is 0.219 e. The molecule has 0 aliphatic carbocycles. The number of rotatable bonds is 2. The summed E-state index contributed by atoms with van der Waals surface area (Å²) >= 11 is 0. The van der Waals surface area contributed by atoms with Gasteiger partial charge in [-0.2, -0.15) is 0 Å². The molecule has 0 bridgehead atoms. The Kier molecular flexibility index (Phi) is 4.42. The second-order valence-electron chi connectivity index (χ2n) is 5.50. The van der Waals surface area contributed by atoms with Crippen LogP contribution < -0.4 is 10.6 Å². The molecule has 2 rings (SSSR count). The quantitative estimate of drug-likeness (QED) is 0.880. The van der Waals surface area contributed by atoms with Crippen molar-refractivity contribution >= 4 is 17.5 Å². The van der Waals surface area contributed by atoms with Gasteiger partial charge in [0.15, 0.2) is 0 Å². The Balaban J connectivity index is 2.24. The van der Waals surface area contributed by atoms with Gasteiger partial charge in [-0.1, -0.05) is 13.8 Å². The van der Waals surface area contributed by atoms with E-state index in [0.29, 0.717) is 5.82 Å². The molecule has 6 heteroatoms. The van der Waals surface area contributed by atoms with Crippen molar-refractivity contribution in [2.24, 2.45) is 0 Å². The van der Waals surface area contributed by atoms with Crippen molar-refractivity contribution < 1.29 is 4.79 Å². The van der Waals surface area contributed by atoms with Gasteiger partial charge in [0.25, 0.3) is 0 Å². The van der Waals surface area contributed by atoms with Crippen LogP contribution in [0.15, 0.2) is 6.33 Å². The Hall–Kier alpha value is -1.85. The van der Waals surface area contributed by atoms with E-state index in [1.807, 2.05) is 4.90 Å². The minimum Gasteiger partial charge on any atom is -0.383 e. The molecule has 1 aliphatic rings. The van der Waals surface area contributed by atoms with E-state index in [1.165, 1.54) is 6.33 Å². The first-order chi connectivity index (χ1) is 9.50. The van der Waals surface area contributed by atoms with Crippen LogP contribution in [0.25, 0.3) is 0 Å². The normalized spacial score (nSPS) is 16.4. The summed E-state index contributed by atoms with van der Waals surface area (Å²) in [6.07, 6.45) is 2.46. The van der Waals surface area contributed by atoms with Gasteiger partial charge in [0, 0.05) is 38.7 Å². The summed E-state index contributed by atoms with van der Waals surface area (Å²) in [7, 11) is 0. The molecule has 110 valence electrons. The lowest BCUT2D eigenvalue weighted by Gasteiger charge is -2.26. The fourth-order valence-corrected chi connectivity index (χ4v) is 2.65. The first kappa shape index (κ1) is 14.6. The topological polar surface area (TPSA) is 75.4 Å². The fourth-order valence-electron chi connectivity index (χ4n) is 2.65. The number of hydrogen-bond acceptors (Lipinski definition) is 5. The third-order valence-electron chi connectivity index (χ3n) is 3.71. The van der Waals surface area contributed by atoms with E-state index in [9.17, 15) is 4.79 Å². The lowest BCUT2D eigenvalue weighted by molar-refractivity contribution is -0.128. The number of hydrogen-bond donors (Lipinski definition) is 1. The van der Waals surface area contributed by atoms with Gasteiger partial charge in [-0.15, -0.1) is 0 Å². The van der Waals surface area contributed by atoms with Crippen LogP contribution in [-0.4, -0.2) is 47.0 Å². The van der Waals surface area contributed by atoms with E-state index in [0.717, 1.165) is 44.0 Å². The maximum atomic E-state index is 11.5. The number of nitrogens with zero attached hydrogens (tertiary/aromatic N) is 4. The number of nitrogen functional groups attached to an aromatic ring is 1. The average molecular weight is 277 g/mol. The van der Waals surface area contributed by atoms with Crippen LogP contribution >= 0.6 is 0 Å². The van der Waals surface area contributed by atoms with E-state index in [2.05, 4.69) is 28.7 Å². The van der Waals surface area contributed by atoms with Crippen LogP contribution in [0, 0.1) is 0 Å². The average Bonchev–Trinajstić information content (AvgIpc) is 2.63. The van der Waals surface area contributed by atoms with Crippen LogP contribution in [0.2, 0.25) is 0 Å². The predicted octanol–water partition coefficient (Wildman–Crippen LogP) is 1.24. The molecule has 0 aromatic carbocycles. The van der Waals surface area contributed by atoms with Gasteiger partial charge in [-0.05, 0) is 12.3 Å². The second kappa shape index (κ2) is 6.07. The molecule has 0 unspecified atom stereocenters. The minimum atomic E-state index is 0.137. The minimum absolute atomic E-state index is 0.137. The van der Waals surface area contributed by atoms with Gasteiger partial charge in [0.2, 0.25) is 5.91 Å². The van der Waals surface area contributed by atoms with Gasteiger partial charge in [0.1, 0.15) is 18.0 Å². The van der Waals surface area contributed by atoms with E-state index >= 15 is 0 Å². The number of carbonyl (C=O) groups excluding carboxylic acids is 1. The van der Waals surface area contributed by atoms with Gasteiger partial charge in [-0.25, -0.2) is 9.97 Å². The SMILES string of the molecule is CC(=O)N1CCCN(c2ncnc(N)c2C(C)C)CC1. The highest BCUT2D eigenvalue weighted by molar-refractivity contribution is 5.73. The maximum absolute atomic E-state index is 11.5. The summed E-state index contributed by atoms with van der Waals surface area (Å²) in [5, 5.41) is 0. The molecule has 20 heavy (non-hydrogen) atoms. The van der Waals surface area contributed by atoms with Crippen LogP contribution in [0.5, 0.6) is 0 Å². The zero-order valence-electron chi connectivity index (χ0n) is 12.5. The van der Waals surface area contributed by atoms with Gasteiger partial charge in [-0.3, -0.25) is 4.79 Å². The summed E-state index contributed by atoms with van der Waals surface area (Å²) in [5.41, 5.74) is 7.00. The third-order valence-corrected chi connectivity index (χ3v) is 3.71. The molecule has 1 saturated heterocycles. The van der Waals surface area contributed by atoms with Crippen molar-refractivity contribution in [1.29, 1.82) is 0 Å². The van der Waals surface area contributed by atoms with Crippen LogP contribution in [0.1, 0.15) is 38.7 Å². The van der Waals surface area contributed by atoms with Gasteiger partial charge < -0.3 is 15.5 Å². The van der Waals surface area contributed by atoms with Crippen molar-refractivity contribution in [3.05, 3.63) is 11.9 Å². The first-order valence-corrected chi connectivity index (χ1v) is 7.11. The highest BCUT2D eigenvalue weighted by Gasteiger charge is 2.22. The maximum Gasteiger partial charge on any atom is 0.219 e. The highest BCUT2D eigenvalue weighted by atomic mass is 16.2. The molecule has 1 aromatic rings. The number of carbonyl (C=O) groups is 1. The molecule has 1 aliphatic heterocycles. The van der Waals surface area contributed by atoms with Crippen molar-refractivity contribution in [3.63, 3.8) is 0 Å². The number of nitrogens with two attached hydrogens (primary N) is 1. The van der Waals surface area contributed by atoms with Crippen LogP contribution in [0.3, 0.4) is 0 Å². The molecule has 1 fully saturated rings. The monoisotopic (exact) mass is 277 g/mol. The largest absolute Gasteiger partial charge is 0.383 e. The number of anilines is 2. The molecule has 1 aromatic heterocycles. The summed E-state index contributed by atoms with van der Waals surface area (Å²) in [6, 6.07) is 0. The van der Waals surface area contributed by atoms with Gasteiger partial charge >= 0.3 is 0 Å². The summed E-state index contributed by atoms with van der Waals surface area (Å²) in [4.78, 5) is 24.1. The molecular formula is C14H23N5O. The summed E-state index contributed by atoms with van der Waals surface area (Å²) < 4.78 is 0. The third kappa shape index (κ3) is 3.00. The van der Waals surface area contributed by atoms with Crippen molar-refractivity contribution in [1.82, 2.24) is 14.9 Å². The number of aromatic nitrogens is 2. The van der Waals surface area contributed by atoms with E-state index < -0.39 is 0 Å². The Bertz CT molecular complexity index is 488. The summed E-state index contributed by atoms with van der Waals surface area (Å²) in [5.74, 6) is 1.88. The van der Waals surface area contributed by atoms with E-state index in [4.69, 9.17) is 5.73 Å². The molecule has 0 atom stereocenters. The van der Waals surface area contributed by atoms with Crippen molar-refractivity contribution in [2.45, 2.75) is 33.1 Å². The molecule has 2 heterocycles. The van der Waals surface area contributed by atoms with E-state index in [-0.39, 0.29) is 11.8 Å². The Morgan fingerprint density at radius 3 is 2.65 bits per heavy atom. The van der Waals surface area contributed by atoms with Crippen molar-refractivity contribution in [2.75, 3.05) is 36.8 Å². The highest BCUT2D eigenvalue weighted by Crippen LogP contribution is 2.29. The molecule has 0 spiro atoms. The number of amides is 1. The standard InChI is InChI=1S/C14H23N5O/c1-10(2)12-13(15)16-9-17-14(12)19-6-4-5-18(7-8-19)11(3)20/h9-10H,4-8H2,1-3H3,(H2,15,16,17). The molecule has 1 amide bonds. The molecule has 0 radical (unpaired) electrons. The Morgan fingerprint density at radius 1 is 1.25 bits per heavy atom. The lowest BCUT2D eigenvalue weighted by Crippen LogP contribution is -2.34. The fraction of sp³-hybridized carbons (Fsp3) is 0.643. The Labute approximate surface area is 120 Å². The molecular weight excluding hydrogens is 254 g/mol. The van der Waals surface area contributed by atoms with Crippen LogP contribution in [0.4, 0.5) is 11.6 Å². The second-order valence-corrected chi connectivity index (χ2v) is 5.50. The molecule has 2 N–H and O–H groups in total. The van der Waals surface area contributed by atoms with Crippen molar-refractivity contribution in [3.8, 4) is 0 Å². The summed E-state index contributed by atoms with van der Waals surface area (Å²) in [6.45, 7) is 9.03. The zero-order chi connectivity index (χ0) is 14.7. The van der Waals surface area contributed by atoms with Gasteiger partial charge in [0.05, 0.1) is 0 Å². The Morgan fingerprint density at radius 2 is 2.00 bits per heavy atom. The lowest BCUT2D eigenvalue weighted by atomic mass is 10.0. The van der Waals surface area contributed by atoms with Crippen LogP contribution in [-0.2, 0) is 4.79 Å². The predicted molar refractivity (Wildman–Crippen MR) is 79.6 cm³/mol. The van der Waals surface area contributed by atoms with E-state index in [1.54, 1.807) is 6.92 Å². The first-order valence-electron chi connectivity index (χ1n) is 7.11. The molecule has 6 nitrogen and oxygen atoms in total. The molecule has 0 saturated carbocycles. The zero-order valence-corrected chi connectivity index (χ0v) is 12.5.